The van der Waals surface area contributed by atoms with E-state index in [1.165, 1.54) is 11.6 Å². The molecule has 1 heterocycles. The third kappa shape index (κ3) is 6.27. The maximum Gasteiger partial charge on any atom is 0.261 e. The lowest BCUT2D eigenvalue weighted by atomic mass is 9.78. The Bertz CT molecular complexity index is 1610. The first-order valence-corrected chi connectivity index (χ1v) is 15.0. The average molecular weight is 580 g/mol. The summed E-state index contributed by atoms with van der Waals surface area (Å²) in [6.07, 6.45) is 4.79. The van der Waals surface area contributed by atoms with Crippen molar-refractivity contribution in [1.29, 1.82) is 0 Å². The molecule has 1 unspecified atom stereocenters. The standard InChI is InChI=1S/C30H31ClFN5O2S/c1-37(2)16-6-5-15-33-30-34-19-21-17-26(24-7-3-4-8-25(24)29(21)35-30)20-9-11-22(12-10-20)36-40(38,39)23-13-14-28(32)27(31)18-23/h3-4,7-14,18-19,26,36H,5-6,15-17H2,1-2H3,(H,33,34,35). The summed E-state index contributed by atoms with van der Waals surface area (Å²) in [6.45, 7) is 1.87. The van der Waals surface area contributed by atoms with Crippen molar-refractivity contribution in [1.82, 2.24) is 14.9 Å². The summed E-state index contributed by atoms with van der Waals surface area (Å²) in [5.41, 5.74) is 5.71. The summed E-state index contributed by atoms with van der Waals surface area (Å²) in [6, 6.07) is 18.9. The van der Waals surface area contributed by atoms with E-state index < -0.39 is 15.8 Å². The second-order valence-electron chi connectivity index (χ2n) is 10.2. The van der Waals surface area contributed by atoms with Crippen molar-refractivity contribution >= 4 is 33.3 Å². The van der Waals surface area contributed by atoms with Gasteiger partial charge in [0.1, 0.15) is 5.82 Å². The molecule has 0 aliphatic heterocycles. The largest absolute Gasteiger partial charge is 0.354 e. The van der Waals surface area contributed by atoms with Crippen LogP contribution in [0, 0.1) is 5.82 Å². The smallest absolute Gasteiger partial charge is 0.261 e. The van der Waals surface area contributed by atoms with E-state index >= 15 is 0 Å². The number of halogens is 2. The second kappa shape index (κ2) is 11.9. The minimum atomic E-state index is -3.92. The van der Waals surface area contributed by atoms with E-state index in [-0.39, 0.29) is 15.8 Å². The van der Waals surface area contributed by atoms with Crippen LogP contribution >= 0.6 is 11.6 Å². The zero-order valence-corrected chi connectivity index (χ0v) is 23.9. The normalized spacial score (nSPS) is 14.5. The van der Waals surface area contributed by atoms with E-state index in [0.717, 1.165) is 66.9 Å². The Morgan fingerprint density at radius 2 is 1.82 bits per heavy atom. The van der Waals surface area contributed by atoms with Gasteiger partial charge in [-0.1, -0.05) is 48.0 Å². The van der Waals surface area contributed by atoms with Crippen molar-refractivity contribution in [3.05, 3.63) is 100 Å². The van der Waals surface area contributed by atoms with Crippen LogP contribution in [0.1, 0.15) is 35.4 Å². The molecule has 3 aromatic carbocycles. The molecule has 2 N–H and O–H groups in total. The molecule has 0 amide bonds. The first kappa shape index (κ1) is 28.0. The first-order valence-electron chi connectivity index (χ1n) is 13.1. The van der Waals surface area contributed by atoms with Crippen LogP contribution in [-0.4, -0.2) is 50.5 Å². The number of sulfonamides is 1. The van der Waals surface area contributed by atoms with Gasteiger partial charge in [0.25, 0.3) is 10.0 Å². The quantitative estimate of drug-likeness (QED) is 0.218. The maximum atomic E-state index is 13.5. The molecular weight excluding hydrogens is 549 g/mol. The van der Waals surface area contributed by atoms with Gasteiger partial charge in [-0.2, -0.15) is 0 Å². The highest BCUT2D eigenvalue weighted by atomic mass is 35.5. The van der Waals surface area contributed by atoms with E-state index in [4.69, 9.17) is 16.6 Å². The molecule has 4 aromatic rings. The summed E-state index contributed by atoms with van der Waals surface area (Å²) < 4.78 is 41.6. The lowest BCUT2D eigenvalue weighted by Crippen LogP contribution is -2.17. The summed E-state index contributed by atoms with van der Waals surface area (Å²) in [5.74, 6) is 0.0300. The number of nitrogens with one attached hydrogen (secondary N) is 2. The number of hydrogen-bond acceptors (Lipinski definition) is 6. The van der Waals surface area contributed by atoms with Crippen molar-refractivity contribution in [2.75, 3.05) is 37.2 Å². The van der Waals surface area contributed by atoms with Gasteiger partial charge in [-0.15, -0.1) is 0 Å². The Morgan fingerprint density at radius 3 is 2.58 bits per heavy atom. The number of anilines is 2. The molecular formula is C30H31ClFN5O2S. The molecule has 10 heteroatoms. The number of benzene rings is 3. The van der Waals surface area contributed by atoms with Crippen molar-refractivity contribution in [3.63, 3.8) is 0 Å². The molecule has 7 nitrogen and oxygen atoms in total. The Hall–Kier alpha value is -3.53. The predicted molar refractivity (Wildman–Crippen MR) is 158 cm³/mol. The van der Waals surface area contributed by atoms with Crippen LogP contribution < -0.4 is 10.0 Å². The van der Waals surface area contributed by atoms with Gasteiger partial charge < -0.3 is 10.2 Å². The van der Waals surface area contributed by atoms with Crippen LogP contribution in [0.4, 0.5) is 16.0 Å². The average Bonchev–Trinajstić information content (AvgIpc) is 2.94. The van der Waals surface area contributed by atoms with E-state index in [0.29, 0.717) is 11.6 Å². The number of rotatable bonds is 10. The lowest BCUT2D eigenvalue weighted by molar-refractivity contribution is 0.396. The van der Waals surface area contributed by atoms with Crippen LogP contribution in [0.2, 0.25) is 5.02 Å². The SMILES string of the molecule is CN(C)CCCCNc1ncc2c(n1)-c1ccccc1C(c1ccc(NS(=O)(=O)c3ccc(F)c(Cl)c3)cc1)C2. The summed E-state index contributed by atoms with van der Waals surface area (Å²) in [7, 11) is 0.230. The summed E-state index contributed by atoms with van der Waals surface area (Å²) in [5, 5.41) is 3.11. The lowest BCUT2D eigenvalue weighted by Gasteiger charge is -2.27. The number of fused-ring (bicyclic) bond motifs is 3. The molecule has 0 radical (unpaired) electrons. The molecule has 1 aliphatic carbocycles. The van der Waals surface area contributed by atoms with Gasteiger partial charge in [-0.05, 0) is 86.9 Å². The van der Waals surface area contributed by atoms with Gasteiger partial charge in [0.05, 0.1) is 15.6 Å². The molecule has 0 spiro atoms. The highest BCUT2D eigenvalue weighted by molar-refractivity contribution is 7.92. The van der Waals surface area contributed by atoms with Crippen molar-refractivity contribution < 1.29 is 12.8 Å². The van der Waals surface area contributed by atoms with Gasteiger partial charge >= 0.3 is 0 Å². The first-order chi connectivity index (χ1) is 19.2. The van der Waals surface area contributed by atoms with E-state index in [2.05, 4.69) is 46.2 Å². The van der Waals surface area contributed by atoms with Gasteiger partial charge in [-0.3, -0.25) is 4.72 Å². The highest BCUT2D eigenvalue weighted by Gasteiger charge is 2.27. The molecule has 1 aromatic heterocycles. The van der Waals surface area contributed by atoms with E-state index in [9.17, 15) is 12.8 Å². The van der Waals surface area contributed by atoms with Crippen LogP contribution in [0.3, 0.4) is 0 Å². The fourth-order valence-electron chi connectivity index (χ4n) is 4.91. The number of aromatic nitrogens is 2. The second-order valence-corrected chi connectivity index (χ2v) is 12.2. The maximum absolute atomic E-state index is 13.5. The number of nitrogens with zero attached hydrogens (tertiary/aromatic N) is 3. The van der Waals surface area contributed by atoms with Gasteiger partial charge in [-0.25, -0.2) is 22.8 Å². The minimum absolute atomic E-state index is 0.0682. The molecule has 0 bridgehead atoms. The molecule has 208 valence electrons. The predicted octanol–water partition coefficient (Wildman–Crippen LogP) is 6.18. The van der Waals surface area contributed by atoms with Crippen LogP contribution in [-0.2, 0) is 16.4 Å². The van der Waals surface area contributed by atoms with Crippen molar-refractivity contribution in [2.45, 2.75) is 30.1 Å². The molecule has 5 rings (SSSR count). The molecule has 0 saturated carbocycles. The number of hydrogen-bond donors (Lipinski definition) is 2. The molecule has 1 atom stereocenters. The van der Waals surface area contributed by atoms with E-state index in [1.54, 1.807) is 12.1 Å². The molecule has 1 aliphatic rings. The van der Waals surface area contributed by atoms with Crippen molar-refractivity contribution in [2.24, 2.45) is 0 Å². The van der Waals surface area contributed by atoms with Crippen LogP contribution in [0.5, 0.6) is 0 Å². The molecule has 0 fully saturated rings. The Kier molecular flexibility index (Phi) is 8.35. The monoisotopic (exact) mass is 579 g/mol. The fraction of sp³-hybridized carbons (Fsp3) is 0.267. The van der Waals surface area contributed by atoms with Crippen molar-refractivity contribution in [3.8, 4) is 11.3 Å². The Balaban J connectivity index is 1.33. The Labute approximate surface area is 239 Å². The van der Waals surface area contributed by atoms with Crippen LogP contribution in [0.25, 0.3) is 11.3 Å². The molecule has 0 saturated heterocycles. The topological polar surface area (TPSA) is 87.2 Å². The van der Waals surface area contributed by atoms with E-state index in [1.807, 2.05) is 30.5 Å². The zero-order chi connectivity index (χ0) is 28.3. The fourth-order valence-corrected chi connectivity index (χ4v) is 6.24. The van der Waals surface area contributed by atoms with Crippen LogP contribution in [0.15, 0.2) is 77.8 Å². The Morgan fingerprint density at radius 1 is 1.05 bits per heavy atom. The molecule has 40 heavy (non-hydrogen) atoms. The van der Waals surface area contributed by atoms with Gasteiger partial charge in [0.2, 0.25) is 5.95 Å². The van der Waals surface area contributed by atoms with Gasteiger partial charge in [0, 0.05) is 29.9 Å². The minimum Gasteiger partial charge on any atom is -0.354 e. The third-order valence-corrected chi connectivity index (χ3v) is 8.63. The zero-order valence-electron chi connectivity index (χ0n) is 22.4. The summed E-state index contributed by atoms with van der Waals surface area (Å²) >= 11 is 5.78. The highest BCUT2D eigenvalue weighted by Crippen LogP contribution is 2.42. The third-order valence-electron chi connectivity index (χ3n) is 6.96. The van der Waals surface area contributed by atoms with Gasteiger partial charge in [0.15, 0.2) is 0 Å². The number of unbranched alkanes of at least 4 members (excludes halogenated alkanes) is 1. The summed E-state index contributed by atoms with van der Waals surface area (Å²) in [4.78, 5) is 11.5.